The van der Waals surface area contributed by atoms with Crippen LogP contribution in [0, 0.1) is 17.8 Å². The summed E-state index contributed by atoms with van der Waals surface area (Å²) < 4.78 is 5.07. The highest BCUT2D eigenvalue weighted by Crippen LogP contribution is 2.35. The lowest BCUT2D eigenvalue weighted by Gasteiger charge is -2.39. The Morgan fingerprint density at radius 3 is 2.57 bits per heavy atom. The third-order valence-corrected chi connectivity index (χ3v) is 5.80. The van der Waals surface area contributed by atoms with Crippen molar-refractivity contribution in [2.45, 2.75) is 65.5 Å². The second kappa shape index (κ2) is 9.89. The van der Waals surface area contributed by atoms with Crippen LogP contribution in [0.25, 0.3) is 0 Å². The van der Waals surface area contributed by atoms with Gasteiger partial charge in [0, 0.05) is 25.0 Å². The van der Waals surface area contributed by atoms with Crippen LogP contribution in [0.15, 0.2) is 0 Å². The minimum absolute atomic E-state index is 0.0114. The largest absolute Gasteiger partial charge is 0.455 e. The van der Waals surface area contributed by atoms with E-state index in [0.29, 0.717) is 18.4 Å². The fourth-order valence-corrected chi connectivity index (χ4v) is 4.06. The van der Waals surface area contributed by atoms with Crippen molar-refractivity contribution in [3.63, 3.8) is 0 Å². The Hall–Kier alpha value is -2.12. The van der Waals surface area contributed by atoms with Crippen LogP contribution >= 0.6 is 0 Å². The van der Waals surface area contributed by atoms with Gasteiger partial charge < -0.3 is 20.3 Å². The third-order valence-electron chi connectivity index (χ3n) is 5.80. The van der Waals surface area contributed by atoms with Crippen LogP contribution < -0.4 is 10.6 Å². The molecule has 8 heteroatoms. The maximum atomic E-state index is 12.4. The zero-order valence-corrected chi connectivity index (χ0v) is 17.3. The highest BCUT2D eigenvalue weighted by Gasteiger charge is 2.42. The number of hydrogen-bond acceptors (Lipinski definition) is 5. The van der Waals surface area contributed by atoms with Crippen LogP contribution in [0.2, 0.25) is 0 Å². The van der Waals surface area contributed by atoms with E-state index < -0.39 is 24.4 Å². The molecule has 0 unspecified atom stereocenters. The molecule has 1 heterocycles. The molecule has 0 bridgehead atoms. The molecule has 4 atom stereocenters. The number of nitrogens with zero attached hydrogens (tertiary/aromatic N) is 1. The Labute approximate surface area is 166 Å². The highest BCUT2D eigenvalue weighted by molar-refractivity contribution is 5.89. The van der Waals surface area contributed by atoms with E-state index in [2.05, 4.69) is 24.5 Å². The lowest BCUT2D eigenvalue weighted by Crippen LogP contribution is -2.45. The standard InChI is InChI=1S/C20H33N3O5/c1-12(2)22-17(24)9-21-18(25)11-28-20(27)15-8-19(26)23(10-15)16-7-5-6-13(3)14(16)4/h12-16H,5-11H2,1-4H3,(H,21,25)(H,22,24)/t13-,14-,15-,16-/m1/s1. The fourth-order valence-electron chi connectivity index (χ4n) is 4.06. The van der Waals surface area contributed by atoms with Crippen LogP contribution in [0.5, 0.6) is 0 Å². The lowest BCUT2D eigenvalue weighted by atomic mass is 9.77. The van der Waals surface area contributed by atoms with Gasteiger partial charge in [-0.05, 0) is 32.1 Å². The monoisotopic (exact) mass is 395 g/mol. The maximum absolute atomic E-state index is 12.4. The Bertz CT molecular complexity index is 607. The summed E-state index contributed by atoms with van der Waals surface area (Å²) in [6, 6.07) is 0.164. The van der Waals surface area contributed by atoms with Gasteiger partial charge in [-0.25, -0.2) is 0 Å². The lowest BCUT2D eigenvalue weighted by molar-refractivity contribution is -0.152. The molecule has 158 valence electrons. The second-order valence-corrected chi connectivity index (χ2v) is 8.39. The Balaban J connectivity index is 1.76. The van der Waals surface area contributed by atoms with E-state index in [1.165, 1.54) is 6.42 Å². The molecule has 28 heavy (non-hydrogen) atoms. The van der Waals surface area contributed by atoms with Crippen molar-refractivity contribution in [3.05, 3.63) is 0 Å². The average Bonchev–Trinajstić information content (AvgIpc) is 3.01. The fraction of sp³-hybridized carbons (Fsp3) is 0.800. The molecule has 3 amide bonds. The summed E-state index contributed by atoms with van der Waals surface area (Å²) in [4.78, 5) is 49.8. The van der Waals surface area contributed by atoms with Crippen LogP contribution in [0.1, 0.15) is 53.4 Å². The van der Waals surface area contributed by atoms with Crippen LogP contribution in [0.4, 0.5) is 0 Å². The molecule has 8 nitrogen and oxygen atoms in total. The van der Waals surface area contributed by atoms with Gasteiger partial charge in [0.25, 0.3) is 5.91 Å². The van der Waals surface area contributed by atoms with Crippen molar-refractivity contribution >= 4 is 23.7 Å². The molecule has 1 saturated carbocycles. The molecule has 0 aromatic carbocycles. The number of nitrogens with one attached hydrogen (secondary N) is 2. The summed E-state index contributed by atoms with van der Waals surface area (Å²) in [6.07, 6.45) is 3.38. The Kier molecular flexibility index (Phi) is 7.83. The number of ether oxygens (including phenoxy) is 1. The third kappa shape index (κ3) is 5.94. The first-order valence-corrected chi connectivity index (χ1v) is 10.2. The minimum Gasteiger partial charge on any atom is -0.455 e. The minimum atomic E-state index is -0.539. The van der Waals surface area contributed by atoms with E-state index >= 15 is 0 Å². The van der Waals surface area contributed by atoms with E-state index in [4.69, 9.17) is 4.74 Å². The van der Waals surface area contributed by atoms with Gasteiger partial charge in [0.2, 0.25) is 11.8 Å². The average molecular weight is 396 g/mol. The van der Waals surface area contributed by atoms with E-state index in [1.807, 2.05) is 18.7 Å². The Morgan fingerprint density at radius 1 is 1.18 bits per heavy atom. The number of carbonyl (C=O) groups excluding carboxylic acids is 4. The van der Waals surface area contributed by atoms with Gasteiger partial charge in [0.1, 0.15) is 0 Å². The van der Waals surface area contributed by atoms with Crippen LogP contribution in [-0.4, -0.2) is 60.4 Å². The van der Waals surface area contributed by atoms with Crippen molar-refractivity contribution in [1.29, 1.82) is 0 Å². The number of carbonyl (C=O) groups is 4. The van der Waals surface area contributed by atoms with Crippen molar-refractivity contribution < 1.29 is 23.9 Å². The molecule has 1 saturated heterocycles. The summed E-state index contributed by atoms with van der Waals surface area (Å²) in [5, 5.41) is 5.06. The van der Waals surface area contributed by atoms with Crippen molar-refractivity contribution in [2.24, 2.45) is 17.8 Å². The van der Waals surface area contributed by atoms with E-state index in [0.717, 1.165) is 12.8 Å². The number of likely N-dealkylation sites (tertiary alicyclic amines) is 1. The van der Waals surface area contributed by atoms with Crippen molar-refractivity contribution in [2.75, 3.05) is 19.7 Å². The zero-order valence-electron chi connectivity index (χ0n) is 17.3. The molecule has 0 spiro atoms. The van der Waals surface area contributed by atoms with Crippen LogP contribution in [0.3, 0.4) is 0 Å². The van der Waals surface area contributed by atoms with Crippen LogP contribution in [-0.2, 0) is 23.9 Å². The predicted octanol–water partition coefficient (Wildman–Crippen LogP) is 0.844. The highest BCUT2D eigenvalue weighted by atomic mass is 16.5. The predicted molar refractivity (Wildman–Crippen MR) is 103 cm³/mol. The maximum Gasteiger partial charge on any atom is 0.311 e. The van der Waals surface area contributed by atoms with Gasteiger partial charge in [-0.2, -0.15) is 0 Å². The number of esters is 1. The van der Waals surface area contributed by atoms with E-state index in [1.54, 1.807) is 0 Å². The van der Waals surface area contributed by atoms with E-state index in [-0.39, 0.29) is 36.9 Å². The summed E-state index contributed by atoms with van der Waals surface area (Å²) >= 11 is 0. The SMILES string of the molecule is CC(C)NC(=O)CNC(=O)COC(=O)[C@@H]1CC(=O)N([C@@H]2CCC[C@@H](C)[C@H]2C)C1. The van der Waals surface area contributed by atoms with E-state index in [9.17, 15) is 19.2 Å². The topological polar surface area (TPSA) is 105 Å². The number of rotatable bonds is 7. The van der Waals surface area contributed by atoms with Gasteiger partial charge in [0.15, 0.2) is 6.61 Å². The van der Waals surface area contributed by atoms with Crippen molar-refractivity contribution in [3.8, 4) is 0 Å². The molecule has 2 fully saturated rings. The van der Waals surface area contributed by atoms with Gasteiger partial charge in [-0.15, -0.1) is 0 Å². The first-order chi connectivity index (χ1) is 13.2. The molecule has 2 aliphatic rings. The molecule has 2 rings (SSSR count). The summed E-state index contributed by atoms with van der Waals surface area (Å²) in [6.45, 7) is 7.77. The van der Waals surface area contributed by atoms with Gasteiger partial charge in [-0.1, -0.05) is 26.7 Å². The van der Waals surface area contributed by atoms with Crippen molar-refractivity contribution in [1.82, 2.24) is 15.5 Å². The number of hydrogen-bond donors (Lipinski definition) is 2. The quantitative estimate of drug-likeness (QED) is 0.622. The summed E-state index contributed by atoms with van der Waals surface area (Å²) in [7, 11) is 0. The Morgan fingerprint density at radius 2 is 1.89 bits per heavy atom. The normalized spacial score (nSPS) is 27.6. The molecule has 0 aromatic heterocycles. The van der Waals surface area contributed by atoms with Gasteiger partial charge >= 0.3 is 5.97 Å². The molecular formula is C20H33N3O5. The van der Waals surface area contributed by atoms with Gasteiger partial charge in [-0.3, -0.25) is 19.2 Å². The summed E-state index contributed by atoms with van der Waals surface area (Å²) in [5.41, 5.74) is 0. The zero-order chi connectivity index (χ0) is 20.8. The smallest absolute Gasteiger partial charge is 0.311 e. The molecule has 2 N–H and O–H groups in total. The number of amides is 3. The molecule has 1 aliphatic carbocycles. The summed E-state index contributed by atoms with van der Waals surface area (Å²) in [5.74, 6) is -0.944. The molecular weight excluding hydrogens is 362 g/mol. The molecule has 1 aliphatic heterocycles. The second-order valence-electron chi connectivity index (χ2n) is 8.39. The first kappa shape index (κ1) is 22.2. The van der Waals surface area contributed by atoms with Gasteiger partial charge in [0.05, 0.1) is 12.5 Å². The molecule has 0 radical (unpaired) electrons. The molecule has 0 aromatic rings. The first-order valence-electron chi connectivity index (χ1n) is 10.2.